The number of nitrogens with zero attached hydrogens (tertiary/aromatic N) is 1. The molecule has 1 aliphatic heterocycles. The zero-order chi connectivity index (χ0) is 19.3. The molecule has 2 rings (SSSR count). The Balaban J connectivity index is 2.34. The molecular formula is C20H31N2O4+. The van der Waals surface area contributed by atoms with E-state index in [0.717, 1.165) is 42.4 Å². The van der Waals surface area contributed by atoms with Crippen molar-refractivity contribution in [2.24, 2.45) is 0 Å². The van der Waals surface area contributed by atoms with Crippen LogP contribution >= 0.6 is 0 Å². The zero-order valence-electron chi connectivity index (χ0n) is 16.6. The van der Waals surface area contributed by atoms with Crippen molar-refractivity contribution in [2.45, 2.75) is 46.1 Å². The van der Waals surface area contributed by atoms with Gasteiger partial charge >= 0.3 is 5.97 Å². The molecule has 6 nitrogen and oxygen atoms in total. The zero-order valence-corrected chi connectivity index (χ0v) is 16.6. The van der Waals surface area contributed by atoms with Crippen molar-refractivity contribution in [2.75, 3.05) is 39.2 Å². The number of benzene rings is 1. The highest BCUT2D eigenvalue weighted by Gasteiger charge is 2.39. The Morgan fingerprint density at radius 1 is 1.23 bits per heavy atom. The number of esters is 1. The SMILES string of the molecule is CCOC(=O)c1cc(OC)cc(C)c1NC(=O)C(CC)[N+]1(C)CCCC1. The summed E-state index contributed by atoms with van der Waals surface area (Å²) in [6.07, 6.45) is 3.05. The number of aryl methyl sites for hydroxylation is 1. The minimum atomic E-state index is -0.459. The first-order valence-corrected chi connectivity index (χ1v) is 9.37. The number of hydrogen-bond donors (Lipinski definition) is 1. The van der Waals surface area contributed by atoms with Crippen LogP contribution in [-0.2, 0) is 9.53 Å². The van der Waals surface area contributed by atoms with Crippen molar-refractivity contribution in [1.29, 1.82) is 0 Å². The largest absolute Gasteiger partial charge is 0.497 e. The van der Waals surface area contributed by atoms with Gasteiger partial charge in [0, 0.05) is 19.3 Å². The second kappa shape index (κ2) is 8.54. The van der Waals surface area contributed by atoms with E-state index in [1.54, 1.807) is 20.1 Å². The number of anilines is 1. The van der Waals surface area contributed by atoms with Crippen LogP contribution in [0.5, 0.6) is 5.75 Å². The number of carbonyl (C=O) groups excluding carboxylic acids is 2. The average Bonchev–Trinajstić information content (AvgIpc) is 3.04. The molecule has 1 amide bonds. The lowest BCUT2D eigenvalue weighted by Crippen LogP contribution is -2.55. The van der Waals surface area contributed by atoms with Gasteiger partial charge in [0.25, 0.3) is 5.91 Å². The highest BCUT2D eigenvalue weighted by Crippen LogP contribution is 2.29. The summed E-state index contributed by atoms with van der Waals surface area (Å²) in [6.45, 7) is 7.95. The molecular weight excluding hydrogens is 332 g/mol. The van der Waals surface area contributed by atoms with Gasteiger partial charge in [-0.05, 0) is 31.5 Å². The lowest BCUT2D eigenvalue weighted by molar-refractivity contribution is -0.913. The summed E-state index contributed by atoms with van der Waals surface area (Å²) in [4.78, 5) is 25.5. The number of methoxy groups -OCH3 is 1. The van der Waals surface area contributed by atoms with Crippen LogP contribution in [-0.4, -0.2) is 56.3 Å². The maximum atomic E-state index is 13.1. The third kappa shape index (κ3) is 4.18. The van der Waals surface area contributed by atoms with Crippen LogP contribution in [0.3, 0.4) is 0 Å². The molecule has 1 atom stereocenters. The maximum absolute atomic E-state index is 13.1. The predicted octanol–water partition coefficient (Wildman–Crippen LogP) is 3.14. The average molecular weight is 363 g/mol. The second-order valence-electron chi connectivity index (χ2n) is 7.13. The molecule has 1 aliphatic rings. The highest BCUT2D eigenvalue weighted by molar-refractivity contribution is 6.03. The van der Waals surface area contributed by atoms with Gasteiger partial charge in [-0.3, -0.25) is 4.79 Å². The van der Waals surface area contributed by atoms with E-state index in [2.05, 4.69) is 12.4 Å². The van der Waals surface area contributed by atoms with E-state index in [0.29, 0.717) is 17.0 Å². The quantitative estimate of drug-likeness (QED) is 0.597. The van der Waals surface area contributed by atoms with Crippen molar-refractivity contribution in [3.05, 3.63) is 23.3 Å². The lowest BCUT2D eigenvalue weighted by atomic mass is 10.1. The van der Waals surface area contributed by atoms with Gasteiger partial charge in [-0.25, -0.2) is 4.79 Å². The number of ether oxygens (including phenoxy) is 2. The molecule has 144 valence electrons. The summed E-state index contributed by atoms with van der Waals surface area (Å²) < 4.78 is 11.2. The van der Waals surface area contributed by atoms with Gasteiger partial charge < -0.3 is 19.3 Å². The molecule has 0 aromatic heterocycles. The first-order chi connectivity index (χ1) is 12.4. The van der Waals surface area contributed by atoms with Gasteiger partial charge in [-0.15, -0.1) is 0 Å². The van der Waals surface area contributed by atoms with E-state index in [9.17, 15) is 9.59 Å². The number of rotatable bonds is 7. The molecule has 0 spiro atoms. The van der Waals surface area contributed by atoms with Gasteiger partial charge in [-0.1, -0.05) is 6.92 Å². The molecule has 0 saturated carbocycles. The van der Waals surface area contributed by atoms with Crippen LogP contribution in [0.2, 0.25) is 0 Å². The van der Waals surface area contributed by atoms with E-state index in [4.69, 9.17) is 9.47 Å². The van der Waals surface area contributed by atoms with Crippen LogP contribution in [0.15, 0.2) is 12.1 Å². The first kappa shape index (κ1) is 20.2. The molecule has 1 N–H and O–H groups in total. The minimum Gasteiger partial charge on any atom is -0.497 e. The number of amides is 1. The van der Waals surface area contributed by atoms with Crippen LogP contribution in [0.25, 0.3) is 0 Å². The Kier molecular flexibility index (Phi) is 6.64. The molecule has 6 heteroatoms. The van der Waals surface area contributed by atoms with E-state index >= 15 is 0 Å². The third-order valence-corrected chi connectivity index (χ3v) is 5.32. The van der Waals surface area contributed by atoms with Crippen molar-refractivity contribution in [1.82, 2.24) is 0 Å². The van der Waals surface area contributed by atoms with Gasteiger partial charge in [-0.2, -0.15) is 0 Å². The Morgan fingerprint density at radius 3 is 2.42 bits per heavy atom. The fourth-order valence-corrected chi connectivity index (χ4v) is 3.89. The molecule has 0 aliphatic carbocycles. The fraction of sp³-hybridized carbons (Fsp3) is 0.600. The smallest absolute Gasteiger partial charge is 0.340 e. The third-order valence-electron chi connectivity index (χ3n) is 5.32. The van der Waals surface area contributed by atoms with Gasteiger partial charge in [0.15, 0.2) is 6.04 Å². The Labute approximate surface area is 156 Å². The van der Waals surface area contributed by atoms with Crippen molar-refractivity contribution >= 4 is 17.6 Å². The molecule has 1 unspecified atom stereocenters. The molecule has 0 radical (unpaired) electrons. The maximum Gasteiger partial charge on any atom is 0.340 e. The summed E-state index contributed by atoms with van der Waals surface area (Å²) in [5, 5.41) is 3.01. The standard InChI is InChI=1S/C20H30N2O4/c1-6-17(22(4)10-8-9-11-22)19(23)21-18-14(3)12-15(25-5)13-16(18)20(24)26-7-2/h12-13,17H,6-11H2,1-5H3/p+1. The van der Waals surface area contributed by atoms with Crippen LogP contribution in [0.1, 0.15) is 49.0 Å². The first-order valence-electron chi connectivity index (χ1n) is 9.37. The molecule has 1 aromatic rings. The van der Waals surface area contributed by atoms with Crippen molar-refractivity contribution in [3.8, 4) is 5.75 Å². The second-order valence-corrected chi connectivity index (χ2v) is 7.13. The normalized spacial score (nSPS) is 16.8. The Hall–Kier alpha value is -2.08. The van der Waals surface area contributed by atoms with E-state index < -0.39 is 5.97 Å². The summed E-state index contributed by atoms with van der Waals surface area (Å²) in [5.41, 5.74) is 1.62. The fourth-order valence-electron chi connectivity index (χ4n) is 3.89. The molecule has 0 bridgehead atoms. The van der Waals surface area contributed by atoms with E-state index in [1.165, 1.54) is 0 Å². The molecule has 1 fully saturated rings. The van der Waals surface area contributed by atoms with Crippen LogP contribution in [0.4, 0.5) is 5.69 Å². The molecule has 26 heavy (non-hydrogen) atoms. The highest BCUT2D eigenvalue weighted by atomic mass is 16.5. The summed E-state index contributed by atoms with van der Waals surface area (Å²) in [6, 6.07) is 3.30. The lowest BCUT2D eigenvalue weighted by Gasteiger charge is -2.36. The summed E-state index contributed by atoms with van der Waals surface area (Å²) >= 11 is 0. The van der Waals surface area contributed by atoms with E-state index in [1.807, 2.05) is 19.9 Å². The topological polar surface area (TPSA) is 64.6 Å². The van der Waals surface area contributed by atoms with Crippen molar-refractivity contribution in [3.63, 3.8) is 0 Å². The number of nitrogens with one attached hydrogen (secondary N) is 1. The summed E-state index contributed by atoms with van der Waals surface area (Å²) in [5.74, 6) is 0.0595. The van der Waals surface area contributed by atoms with Gasteiger partial charge in [0.2, 0.25) is 0 Å². The van der Waals surface area contributed by atoms with Gasteiger partial charge in [0.05, 0.1) is 45.1 Å². The number of likely N-dealkylation sites (N-methyl/N-ethyl adjacent to an activating group) is 1. The Morgan fingerprint density at radius 2 is 1.88 bits per heavy atom. The molecule has 1 saturated heterocycles. The van der Waals surface area contributed by atoms with Gasteiger partial charge in [0.1, 0.15) is 5.75 Å². The number of quaternary nitrogens is 1. The summed E-state index contributed by atoms with van der Waals surface area (Å²) in [7, 11) is 3.70. The van der Waals surface area contributed by atoms with Crippen LogP contribution < -0.4 is 10.1 Å². The van der Waals surface area contributed by atoms with Crippen LogP contribution in [0, 0.1) is 6.92 Å². The minimum absolute atomic E-state index is 0.0456. The van der Waals surface area contributed by atoms with E-state index in [-0.39, 0.29) is 18.6 Å². The number of likely N-dealkylation sites (tertiary alicyclic amines) is 1. The molecule has 1 aromatic carbocycles. The molecule has 1 heterocycles. The Bertz CT molecular complexity index is 666. The number of hydrogen-bond acceptors (Lipinski definition) is 4. The monoisotopic (exact) mass is 363 g/mol. The predicted molar refractivity (Wildman–Crippen MR) is 102 cm³/mol. The van der Waals surface area contributed by atoms with Crippen molar-refractivity contribution < 1.29 is 23.5 Å². The number of carbonyl (C=O) groups is 2.